The molecule has 0 unspecified atom stereocenters. The molecular formula is C26H17Cl4NO5S. The third-order valence-electron chi connectivity index (χ3n) is 5.16. The molecule has 0 N–H and O–H groups in total. The fourth-order valence-corrected chi connectivity index (χ4v) is 5.14. The van der Waals surface area contributed by atoms with Crippen LogP contribution in [0.25, 0.3) is 6.08 Å². The summed E-state index contributed by atoms with van der Waals surface area (Å²) < 4.78 is 11.1. The maximum Gasteiger partial charge on any atom is 0.343 e. The molecule has 11 heteroatoms. The molecule has 0 radical (unpaired) electrons. The van der Waals surface area contributed by atoms with E-state index >= 15 is 0 Å². The van der Waals surface area contributed by atoms with Crippen molar-refractivity contribution < 1.29 is 23.9 Å². The first-order chi connectivity index (χ1) is 17.7. The van der Waals surface area contributed by atoms with Crippen LogP contribution in [0.2, 0.25) is 20.1 Å². The van der Waals surface area contributed by atoms with Gasteiger partial charge in [0.1, 0.15) is 0 Å². The summed E-state index contributed by atoms with van der Waals surface area (Å²) in [6, 6.07) is 14.2. The Bertz CT molecular complexity index is 1400. The van der Waals surface area contributed by atoms with Crippen molar-refractivity contribution in [3.8, 4) is 11.5 Å². The van der Waals surface area contributed by atoms with Gasteiger partial charge in [-0.15, -0.1) is 0 Å². The highest BCUT2D eigenvalue weighted by Gasteiger charge is 2.36. The molecule has 37 heavy (non-hydrogen) atoms. The molecule has 0 saturated carbocycles. The Kier molecular flexibility index (Phi) is 8.72. The van der Waals surface area contributed by atoms with Gasteiger partial charge in [-0.1, -0.05) is 52.5 Å². The molecule has 1 aliphatic heterocycles. The summed E-state index contributed by atoms with van der Waals surface area (Å²) >= 11 is 25.5. The molecule has 3 aromatic rings. The number of hydrogen-bond acceptors (Lipinski definition) is 6. The lowest BCUT2D eigenvalue weighted by Gasteiger charge is -2.15. The predicted molar refractivity (Wildman–Crippen MR) is 147 cm³/mol. The van der Waals surface area contributed by atoms with E-state index in [1.165, 1.54) is 24.3 Å². The van der Waals surface area contributed by atoms with Crippen molar-refractivity contribution in [1.29, 1.82) is 0 Å². The Morgan fingerprint density at radius 1 is 0.973 bits per heavy atom. The number of imide groups is 1. The van der Waals surface area contributed by atoms with Crippen molar-refractivity contribution in [1.82, 2.24) is 4.90 Å². The minimum atomic E-state index is -0.647. The maximum atomic E-state index is 13.0. The molecule has 1 heterocycles. The van der Waals surface area contributed by atoms with Crippen molar-refractivity contribution in [2.24, 2.45) is 0 Å². The van der Waals surface area contributed by atoms with Crippen LogP contribution in [0.5, 0.6) is 11.5 Å². The van der Waals surface area contributed by atoms with Crippen LogP contribution in [-0.4, -0.2) is 28.6 Å². The second kappa shape index (κ2) is 11.8. The van der Waals surface area contributed by atoms with Gasteiger partial charge in [0, 0.05) is 20.6 Å². The molecule has 0 aromatic heterocycles. The van der Waals surface area contributed by atoms with Crippen molar-refractivity contribution in [2.75, 3.05) is 6.61 Å². The Labute approximate surface area is 237 Å². The quantitative estimate of drug-likeness (QED) is 0.156. The third kappa shape index (κ3) is 6.25. The van der Waals surface area contributed by atoms with Crippen molar-refractivity contribution in [3.63, 3.8) is 0 Å². The van der Waals surface area contributed by atoms with E-state index < -0.39 is 17.1 Å². The average Bonchev–Trinajstić information content (AvgIpc) is 3.11. The van der Waals surface area contributed by atoms with Gasteiger partial charge in [0.25, 0.3) is 11.1 Å². The zero-order valence-electron chi connectivity index (χ0n) is 19.1. The van der Waals surface area contributed by atoms with E-state index in [1.54, 1.807) is 43.3 Å². The van der Waals surface area contributed by atoms with Gasteiger partial charge < -0.3 is 9.47 Å². The molecule has 190 valence electrons. The Balaban J connectivity index is 1.60. The largest absolute Gasteiger partial charge is 0.490 e. The standard InChI is InChI=1S/C26H17Cl4NO5S/c1-2-35-21-11-14(10-20(30)23(21)36-25(33)15-6-8-16(27)9-7-15)12-22-24(32)31(26(34)37-22)13-17-18(28)4-3-5-19(17)29/h3-12H,2,13H2,1H3/b22-12-. The first kappa shape index (κ1) is 27.4. The molecule has 0 spiro atoms. The zero-order chi connectivity index (χ0) is 26.7. The van der Waals surface area contributed by atoms with Gasteiger partial charge in [0.05, 0.1) is 28.6 Å². The van der Waals surface area contributed by atoms with E-state index in [2.05, 4.69) is 0 Å². The number of benzene rings is 3. The molecule has 0 aliphatic carbocycles. The number of hydrogen-bond donors (Lipinski definition) is 0. The van der Waals surface area contributed by atoms with Gasteiger partial charge in [-0.3, -0.25) is 14.5 Å². The summed E-state index contributed by atoms with van der Waals surface area (Å²) in [6.07, 6.45) is 1.51. The lowest BCUT2D eigenvalue weighted by atomic mass is 10.1. The maximum absolute atomic E-state index is 13.0. The van der Waals surface area contributed by atoms with Gasteiger partial charge in [-0.05, 0) is 78.9 Å². The smallest absolute Gasteiger partial charge is 0.343 e. The van der Waals surface area contributed by atoms with Gasteiger partial charge in [-0.25, -0.2) is 4.79 Å². The summed E-state index contributed by atoms with van der Waals surface area (Å²) in [5.41, 5.74) is 1.23. The van der Waals surface area contributed by atoms with Gasteiger partial charge >= 0.3 is 5.97 Å². The number of ether oxygens (including phenoxy) is 2. The number of thioether (sulfide) groups is 1. The summed E-state index contributed by atoms with van der Waals surface area (Å²) in [5.74, 6) is -0.919. The van der Waals surface area contributed by atoms with Crippen LogP contribution in [0.3, 0.4) is 0 Å². The number of amides is 2. The number of rotatable bonds is 7. The van der Waals surface area contributed by atoms with Crippen LogP contribution in [0.4, 0.5) is 4.79 Å². The topological polar surface area (TPSA) is 72.9 Å². The highest BCUT2D eigenvalue weighted by molar-refractivity contribution is 8.18. The minimum absolute atomic E-state index is 0.0297. The van der Waals surface area contributed by atoms with E-state index in [0.29, 0.717) is 26.2 Å². The molecule has 1 aliphatic rings. The number of carbonyl (C=O) groups excluding carboxylic acids is 3. The third-order valence-corrected chi connectivity index (χ3v) is 7.30. The van der Waals surface area contributed by atoms with E-state index in [4.69, 9.17) is 55.9 Å². The van der Waals surface area contributed by atoms with Gasteiger partial charge in [0.15, 0.2) is 11.5 Å². The van der Waals surface area contributed by atoms with Gasteiger partial charge in [0.2, 0.25) is 0 Å². The van der Waals surface area contributed by atoms with Crippen molar-refractivity contribution in [3.05, 3.63) is 96.3 Å². The number of nitrogens with zero attached hydrogens (tertiary/aromatic N) is 1. The lowest BCUT2D eigenvalue weighted by Crippen LogP contribution is -2.27. The SMILES string of the molecule is CCOc1cc(/C=C2\SC(=O)N(Cc3c(Cl)cccc3Cl)C2=O)cc(Cl)c1OC(=O)c1ccc(Cl)cc1. The predicted octanol–water partition coefficient (Wildman–Crippen LogP) is 8.15. The van der Waals surface area contributed by atoms with E-state index in [0.717, 1.165) is 16.7 Å². The first-order valence-electron chi connectivity index (χ1n) is 10.8. The Morgan fingerprint density at radius 3 is 2.30 bits per heavy atom. The molecule has 0 atom stereocenters. The average molecular weight is 597 g/mol. The Hall–Kier alpha value is -2.68. The normalized spacial score (nSPS) is 14.4. The van der Waals surface area contributed by atoms with E-state index in [-0.39, 0.29) is 40.1 Å². The number of esters is 1. The molecule has 6 nitrogen and oxygen atoms in total. The zero-order valence-corrected chi connectivity index (χ0v) is 22.9. The summed E-state index contributed by atoms with van der Waals surface area (Å²) in [7, 11) is 0. The van der Waals surface area contributed by atoms with Crippen molar-refractivity contribution >= 4 is 81.4 Å². The first-order valence-corrected chi connectivity index (χ1v) is 13.1. The molecule has 3 aromatic carbocycles. The van der Waals surface area contributed by atoms with Gasteiger partial charge in [-0.2, -0.15) is 0 Å². The van der Waals surface area contributed by atoms with Crippen LogP contribution >= 0.6 is 58.2 Å². The second-order valence-electron chi connectivity index (χ2n) is 7.63. The fraction of sp³-hybridized carbons (Fsp3) is 0.115. The molecular weight excluding hydrogens is 580 g/mol. The molecule has 0 bridgehead atoms. The minimum Gasteiger partial charge on any atom is -0.490 e. The number of halogens is 4. The fourth-order valence-electron chi connectivity index (χ4n) is 3.40. The van der Waals surface area contributed by atoms with Crippen LogP contribution in [0, 0.1) is 0 Å². The monoisotopic (exact) mass is 595 g/mol. The van der Waals surface area contributed by atoms with Crippen LogP contribution < -0.4 is 9.47 Å². The molecule has 2 amide bonds. The van der Waals surface area contributed by atoms with Crippen LogP contribution in [0.1, 0.15) is 28.4 Å². The van der Waals surface area contributed by atoms with E-state index in [9.17, 15) is 14.4 Å². The highest BCUT2D eigenvalue weighted by atomic mass is 35.5. The Morgan fingerprint density at radius 2 is 1.65 bits per heavy atom. The molecule has 4 rings (SSSR count). The van der Waals surface area contributed by atoms with Crippen LogP contribution in [-0.2, 0) is 11.3 Å². The number of carbonyl (C=O) groups is 3. The van der Waals surface area contributed by atoms with E-state index in [1.807, 2.05) is 0 Å². The lowest BCUT2D eigenvalue weighted by molar-refractivity contribution is -0.123. The summed E-state index contributed by atoms with van der Waals surface area (Å²) in [5, 5.41) is 0.812. The molecule has 1 saturated heterocycles. The summed E-state index contributed by atoms with van der Waals surface area (Å²) in [4.78, 5) is 39.5. The van der Waals surface area contributed by atoms with Crippen molar-refractivity contribution in [2.45, 2.75) is 13.5 Å². The summed E-state index contributed by atoms with van der Waals surface area (Å²) in [6.45, 7) is 1.96. The molecule has 1 fully saturated rings. The van der Waals surface area contributed by atoms with Crippen LogP contribution in [0.15, 0.2) is 59.5 Å². The second-order valence-corrected chi connectivity index (χ2v) is 10.3. The highest BCUT2D eigenvalue weighted by Crippen LogP contribution is 2.40.